The molecule has 0 saturated heterocycles. The van der Waals surface area contributed by atoms with Crippen molar-refractivity contribution in [3.05, 3.63) is 24.3 Å². The third kappa shape index (κ3) is 3.26. The maximum absolute atomic E-state index is 12.5. The van der Waals surface area contributed by atoms with Gasteiger partial charge in [-0.3, -0.25) is 9.59 Å². The van der Waals surface area contributed by atoms with Crippen LogP contribution in [0.1, 0.15) is 33.1 Å². The largest absolute Gasteiger partial charge is 0.466 e. The second kappa shape index (κ2) is 6.56. The highest BCUT2D eigenvalue weighted by atomic mass is 16.5. The molecule has 0 aromatic carbocycles. The van der Waals surface area contributed by atoms with E-state index < -0.39 is 12.1 Å². The fraction of sp³-hybridized carbons (Fsp3) is 0.647. The van der Waals surface area contributed by atoms with Crippen LogP contribution < -0.4 is 0 Å². The fourth-order valence-electron chi connectivity index (χ4n) is 3.66. The Kier molecular flexibility index (Phi) is 4.99. The van der Waals surface area contributed by atoms with E-state index in [1.54, 1.807) is 6.92 Å². The van der Waals surface area contributed by atoms with Crippen molar-refractivity contribution in [3.63, 3.8) is 0 Å². The van der Waals surface area contributed by atoms with E-state index >= 15 is 0 Å². The normalized spacial score (nSPS) is 35.2. The molecule has 0 aromatic heterocycles. The highest BCUT2D eigenvalue weighted by Crippen LogP contribution is 2.45. The van der Waals surface area contributed by atoms with Crippen molar-refractivity contribution in [2.45, 2.75) is 39.2 Å². The average Bonchev–Trinajstić information content (AvgIpc) is 2.42. The predicted octanol–water partition coefficient (Wildman–Crippen LogP) is 2.27. The molecule has 0 aromatic rings. The smallest absolute Gasteiger partial charge is 0.313 e. The van der Waals surface area contributed by atoms with Crippen LogP contribution in [0, 0.1) is 23.7 Å². The number of Topliss-reactive ketones (excluding diaryl/α,β-unsaturated/α-hetero) is 1. The maximum atomic E-state index is 12.5. The Morgan fingerprint density at radius 2 is 2.14 bits per heavy atom. The number of aliphatic hydroxyl groups is 1. The highest BCUT2D eigenvalue weighted by molar-refractivity contribution is 5.97. The first kappa shape index (κ1) is 16.0. The van der Waals surface area contributed by atoms with Gasteiger partial charge in [0.2, 0.25) is 0 Å². The van der Waals surface area contributed by atoms with Crippen molar-refractivity contribution < 1.29 is 19.4 Å². The molecule has 4 heteroatoms. The van der Waals surface area contributed by atoms with Crippen molar-refractivity contribution >= 4 is 11.8 Å². The van der Waals surface area contributed by atoms with Crippen LogP contribution in [-0.2, 0) is 14.3 Å². The predicted molar refractivity (Wildman–Crippen MR) is 79.4 cm³/mol. The van der Waals surface area contributed by atoms with Gasteiger partial charge in [-0.05, 0) is 31.6 Å². The Labute approximate surface area is 125 Å². The topological polar surface area (TPSA) is 63.6 Å². The van der Waals surface area contributed by atoms with Crippen LogP contribution in [0.3, 0.4) is 0 Å². The van der Waals surface area contributed by atoms with Crippen LogP contribution in [0.25, 0.3) is 0 Å². The molecule has 1 fully saturated rings. The molecular weight excluding hydrogens is 268 g/mol. The number of esters is 1. The molecule has 0 heterocycles. The fourth-order valence-corrected chi connectivity index (χ4v) is 3.66. The lowest BCUT2D eigenvalue weighted by atomic mass is 9.61. The Morgan fingerprint density at radius 3 is 2.81 bits per heavy atom. The summed E-state index contributed by atoms with van der Waals surface area (Å²) in [6.45, 7) is 8.09. The summed E-state index contributed by atoms with van der Waals surface area (Å²) in [5.74, 6) is -0.922. The zero-order valence-corrected chi connectivity index (χ0v) is 12.7. The average molecular weight is 292 g/mol. The lowest BCUT2D eigenvalue weighted by Gasteiger charge is -2.44. The Balaban J connectivity index is 2.19. The van der Waals surface area contributed by atoms with Crippen LogP contribution in [0.15, 0.2) is 24.3 Å². The number of ether oxygens (including phenoxy) is 1. The molecule has 0 radical (unpaired) electrons. The van der Waals surface area contributed by atoms with Gasteiger partial charge in [0.15, 0.2) is 0 Å². The number of carbonyl (C=O) groups excluding carboxylic acids is 2. The standard InChI is InChI=1S/C17H24O4/c1-4-21-15(20)9-14(19)17-11(3)5-7-12-13(18)8-6-10(2)16(12)17/h5,7,11-13,16-18H,2,4,6,8-9H2,1,3H3/t11-,12-,13+,16-,17+/m0/s1. The minimum absolute atomic E-state index is 0.0511. The minimum Gasteiger partial charge on any atom is -0.466 e. The van der Waals surface area contributed by atoms with E-state index in [0.29, 0.717) is 6.42 Å². The van der Waals surface area contributed by atoms with Crippen LogP contribution >= 0.6 is 0 Å². The van der Waals surface area contributed by atoms with Crippen LogP contribution in [0.5, 0.6) is 0 Å². The minimum atomic E-state index is -0.470. The molecule has 5 atom stereocenters. The number of aliphatic hydroxyl groups excluding tert-OH is 1. The molecule has 0 aliphatic heterocycles. The van der Waals surface area contributed by atoms with Gasteiger partial charge < -0.3 is 9.84 Å². The van der Waals surface area contributed by atoms with Gasteiger partial charge in [0, 0.05) is 11.8 Å². The van der Waals surface area contributed by atoms with E-state index in [0.717, 1.165) is 12.0 Å². The summed E-state index contributed by atoms with van der Waals surface area (Å²) >= 11 is 0. The SMILES string of the molecule is C=C1CC[C@@H](O)[C@@H]2C=C[C@H](C)[C@H](C(=O)CC(=O)OCC)[C@@H]12. The third-order valence-electron chi connectivity index (χ3n) is 4.68. The highest BCUT2D eigenvalue weighted by Gasteiger charge is 2.44. The van der Waals surface area contributed by atoms with Gasteiger partial charge >= 0.3 is 5.97 Å². The molecule has 4 nitrogen and oxygen atoms in total. The van der Waals surface area contributed by atoms with E-state index in [1.807, 2.05) is 19.1 Å². The summed E-state index contributed by atoms with van der Waals surface area (Å²) in [5, 5.41) is 10.2. The van der Waals surface area contributed by atoms with Crippen LogP contribution in [-0.4, -0.2) is 29.6 Å². The van der Waals surface area contributed by atoms with Gasteiger partial charge in [-0.2, -0.15) is 0 Å². The number of ketones is 1. The maximum Gasteiger partial charge on any atom is 0.313 e. The number of rotatable bonds is 4. The van der Waals surface area contributed by atoms with Crippen molar-refractivity contribution in [1.29, 1.82) is 0 Å². The second-order valence-electron chi connectivity index (χ2n) is 6.09. The quantitative estimate of drug-likeness (QED) is 0.490. The van der Waals surface area contributed by atoms with E-state index in [1.165, 1.54) is 0 Å². The first-order chi connectivity index (χ1) is 9.95. The molecule has 0 amide bonds. The van der Waals surface area contributed by atoms with Gasteiger partial charge in [-0.25, -0.2) is 0 Å². The molecular formula is C17H24O4. The molecule has 0 spiro atoms. The first-order valence-corrected chi connectivity index (χ1v) is 7.68. The lowest BCUT2D eigenvalue weighted by Crippen LogP contribution is -2.44. The van der Waals surface area contributed by atoms with Crippen molar-refractivity contribution in [1.82, 2.24) is 0 Å². The van der Waals surface area contributed by atoms with Gasteiger partial charge in [0.25, 0.3) is 0 Å². The van der Waals surface area contributed by atoms with Gasteiger partial charge in [0.1, 0.15) is 12.2 Å². The first-order valence-electron chi connectivity index (χ1n) is 7.68. The summed E-state index contributed by atoms with van der Waals surface area (Å²) in [5.41, 5.74) is 1.02. The zero-order chi connectivity index (χ0) is 15.6. The lowest BCUT2D eigenvalue weighted by molar-refractivity contribution is -0.147. The zero-order valence-electron chi connectivity index (χ0n) is 12.7. The molecule has 21 heavy (non-hydrogen) atoms. The van der Waals surface area contributed by atoms with Crippen LogP contribution in [0.2, 0.25) is 0 Å². The number of fused-ring (bicyclic) bond motifs is 1. The summed E-state index contributed by atoms with van der Waals surface area (Å²) < 4.78 is 4.87. The van der Waals surface area contributed by atoms with Gasteiger partial charge in [-0.15, -0.1) is 0 Å². The Morgan fingerprint density at radius 1 is 1.43 bits per heavy atom. The van der Waals surface area contributed by atoms with Crippen molar-refractivity contribution in [2.75, 3.05) is 6.61 Å². The van der Waals surface area contributed by atoms with Gasteiger partial charge in [0.05, 0.1) is 12.7 Å². The monoisotopic (exact) mass is 292 g/mol. The van der Waals surface area contributed by atoms with E-state index in [2.05, 4.69) is 6.58 Å². The third-order valence-corrected chi connectivity index (χ3v) is 4.68. The molecule has 2 aliphatic carbocycles. The number of allylic oxidation sites excluding steroid dienone is 2. The summed E-state index contributed by atoms with van der Waals surface area (Å²) in [4.78, 5) is 24.1. The second-order valence-corrected chi connectivity index (χ2v) is 6.09. The van der Waals surface area contributed by atoms with Gasteiger partial charge in [-0.1, -0.05) is 31.2 Å². The molecule has 1 N–H and O–H groups in total. The molecule has 2 rings (SSSR count). The molecule has 0 unspecified atom stereocenters. The Bertz CT molecular complexity index is 465. The summed E-state index contributed by atoms with van der Waals surface area (Å²) in [7, 11) is 0. The van der Waals surface area contributed by atoms with Crippen LogP contribution in [0.4, 0.5) is 0 Å². The summed E-state index contributed by atoms with van der Waals surface area (Å²) in [6.07, 6.45) is 4.81. The Hall–Kier alpha value is -1.42. The van der Waals surface area contributed by atoms with Crippen molar-refractivity contribution in [3.8, 4) is 0 Å². The number of carbonyl (C=O) groups is 2. The summed E-state index contributed by atoms with van der Waals surface area (Å²) in [6, 6.07) is 0. The number of hydrogen-bond acceptors (Lipinski definition) is 4. The van der Waals surface area contributed by atoms with E-state index in [9.17, 15) is 14.7 Å². The molecule has 1 saturated carbocycles. The molecule has 116 valence electrons. The number of hydrogen-bond donors (Lipinski definition) is 1. The molecule has 2 aliphatic rings. The van der Waals surface area contributed by atoms with E-state index in [-0.39, 0.29) is 42.5 Å². The van der Waals surface area contributed by atoms with Crippen molar-refractivity contribution in [2.24, 2.45) is 23.7 Å². The van der Waals surface area contributed by atoms with E-state index in [4.69, 9.17) is 4.74 Å². The molecule has 0 bridgehead atoms.